The molecule has 3 heterocycles. The van der Waals surface area contributed by atoms with Crippen LogP contribution in [-0.2, 0) is 13.1 Å². The van der Waals surface area contributed by atoms with Crippen LogP contribution in [-0.4, -0.2) is 62.4 Å². The summed E-state index contributed by atoms with van der Waals surface area (Å²) in [6.07, 6.45) is 9.48. The SMILES string of the molecule is Cc1cccc(CN2CCN(Cc3cn[nH]c3C3CCCCC3)C[C@@H]2CCO)n1. The van der Waals surface area contributed by atoms with Crippen molar-refractivity contribution in [2.75, 3.05) is 26.2 Å². The first-order valence-electron chi connectivity index (χ1n) is 11.2. The van der Waals surface area contributed by atoms with Gasteiger partial charge in [-0.25, -0.2) is 0 Å². The number of pyridine rings is 1. The molecule has 6 nitrogen and oxygen atoms in total. The van der Waals surface area contributed by atoms with Crippen molar-refractivity contribution < 1.29 is 5.11 Å². The Bertz CT molecular complexity index is 770. The van der Waals surface area contributed by atoms with E-state index in [1.54, 1.807) is 0 Å². The van der Waals surface area contributed by atoms with Crippen LogP contribution in [0.5, 0.6) is 0 Å². The van der Waals surface area contributed by atoms with Gasteiger partial charge in [0.1, 0.15) is 0 Å². The molecule has 2 fully saturated rings. The highest BCUT2D eigenvalue weighted by Crippen LogP contribution is 2.33. The van der Waals surface area contributed by atoms with Gasteiger partial charge in [-0.1, -0.05) is 25.3 Å². The highest BCUT2D eigenvalue weighted by atomic mass is 16.3. The summed E-state index contributed by atoms with van der Waals surface area (Å²) in [6, 6.07) is 6.60. The molecule has 1 atom stereocenters. The second-order valence-corrected chi connectivity index (χ2v) is 8.79. The number of hydrogen-bond acceptors (Lipinski definition) is 5. The van der Waals surface area contributed by atoms with Crippen LogP contribution in [0.15, 0.2) is 24.4 Å². The molecule has 2 N–H and O–H groups in total. The fourth-order valence-electron chi connectivity index (χ4n) is 5.06. The zero-order chi connectivity index (χ0) is 20.1. The van der Waals surface area contributed by atoms with E-state index in [0.717, 1.165) is 50.5 Å². The van der Waals surface area contributed by atoms with Crippen LogP contribution in [0.3, 0.4) is 0 Å². The van der Waals surface area contributed by atoms with Crippen LogP contribution >= 0.6 is 0 Å². The van der Waals surface area contributed by atoms with Gasteiger partial charge in [0.15, 0.2) is 0 Å². The van der Waals surface area contributed by atoms with Gasteiger partial charge in [0.05, 0.1) is 11.9 Å². The zero-order valence-corrected chi connectivity index (χ0v) is 17.7. The molecule has 0 unspecified atom stereocenters. The highest BCUT2D eigenvalue weighted by molar-refractivity contribution is 5.21. The Balaban J connectivity index is 1.39. The van der Waals surface area contributed by atoms with Crippen LogP contribution < -0.4 is 0 Å². The van der Waals surface area contributed by atoms with Crippen molar-refractivity contribution >= 4 is 0 Å². The third kappa shape index (κ3) is 5.24. The molecule has 0 aromatic carbocycles. The number of aliphatic hydroxyl groups excluding tert-OH is 1. The minimum absolute atomic E-state index is 0.231. The lowest BCUT2D eigenvalue weighted by Gasteiger charge is -2.41. The standard InChI is InChI=1S/C23H35N5O/c1-18-6-5-9-21(25-18)16-28-12-11-27(17-22(28)10-13-29)15-20-14-24-26-23(20)19-7-3-2-4-8-19/h5-6,9,14,19,22,29H,2-4,7-8,10-13,15-17H2,1H3,(H,24,26)/t22-/m0/s1. The van der Waals surface area contributed by atoms with E-state index in [0.29, 0.717) is 12.0 Å². The van der Waals surface area contributed by atoms with Crippen molar-refractivity contribution in [1.82, 2.24) is 25.0 Å². The van der Waals surface area contributed by atoms with E-state index < -0.39 is 0 Å². The lowest BCUT2D eigenvalue weighted by molar-refractivity contribution is 0.0489. The molecule has 0 amide bonds. The highest BCUT2D eigenvalue weighted by Gasteiger charge is 2.28. The third-order valence-corrected chi connectivity index (χ3v) is 6.62. The van der Waals surface area contributed by atoms with E-state index >= 15 is 0 Å². The number of rotatable bonds is 7. The molecule has 4 rings (SSSR count). The number of nitrogens with zero attached hydrogens (tertiary/aromatic N) is 4. The molecule has 0 spiro atoms. The van der Waals surface area contributed by atoms with E-state index in [1.807, 2.05) is 19.2 Å². The number of piperazine rings is 1. The second-order valence-electron chi connectivity index (χ2n) is 8.79. The monoisotopic (exact) mass is 397 g/mol. The van der Waals surface area contributed by atoms with Crippen LogP contribution in [0.25, 0.3) is 0 Å². The smallest absolute Gasteiger partial charge is 0.0547 e. The van der Waals surface area contributed by atoms with Crippen molar-refractivity contribution in [1.29, 1.82) is 0 Å². The number of nitrogens with one attached hydrogen (secondary N) is 1. The maximum absolute atomic E-state index is 9.63. The maximum atomic E-state index is 9.63. The van der Waals surface area contributed by atoms with Gasteiger partial charge in [0.25, 0.3) is 0 Å². The Morgan fingerprint density at radius 1 is 1.14 bits per heavy atom. The van der Waals surface area contributed by atoms with Gasteiger partial charge in [-0.3, -0.25) is 19.9 Å². The van der Waals surface area contributed by atoms with Crippen molar-refractivity contribution in [3.8, 4) is 0 Å². The maximum Gasteiger partial charge on any atom is 0.0547 e. The van der Waals surface area contributed by atoms with Crippen LogP contribution in [0, 0.1) is 6.92 Å². The van der Waals surface area contributed by atoms with Gasteiger partial charge in [-0.2, -0.15) is 5.10 Å². The summed E-state index contributed by atoms with van der Waals surface area (Å²) in [5, 5.41) is 17.3. The molecule has 6 heteroatoms. The molecule has 158 valence electrons. The summed E-state index contributed by atoms with van der Waals surface area (Å²) in [7, 11) is 0. The second kappa shape index (κ2) is 9.83. The molecule has 0 radical (unpaired) electrons. The lowest BCUT2D eigenvalue weighted by Crippen LogP contribution is -2.52. The van der Waals surface area contributed by atoms with Gasteiger partial charge >= 0.3 is 0 Å². The average molecular weight is 398 g/mol. The molecular formula is C23H35N5O. The number of hydrogen-bond donors (Lipinski definition) is 2. The Labute approximate surface area is 174 Å². The normalized spacial score (nSPS) is 22.2. The quantitative estimate of drug-likeness (QED) is 0.751. The largest absolute Gasteiger partial charge is 0.396 e. The summed E-state index contributed by atoms with van der Waals surface area (Å²) < 4.78 is 0. The Morgan fingerprint density at radius 3 is 2.79 bits per heavy atom. The molecule has 2 aromatic heterocycles. The van der Waals surface area contributed by atoms with Crippen molar-refractivity contribution in [2.45, 2.75) is 70.5 Å². The number of aromatic amines is 1. The Hall–Kier alpha value is -1.76. The van der Waals surface area contributed by atoms with Crippen LogP contribution in [0.2, 0.25) is 0 Å². The number of aliphatic hydroxyl groups is 1. The lowest BCUT2D eigenvalue weighted by atomic mass is 9.85. The topological polar surface area (TPSA) is 68.3 Å². The molecule has 1 aliphatic heterocycles. The summed E-state index contributed by atoms with van der Waals surface area (Å²) in [6.45, 7) is 7.14. The third-order valence-electron chi connectivity index (χ3n) is 6.62. The van der Waals surface area contributed by atoms with Crippen molar-refractivity contribution in [2.24, 2.45) is 0 Å². The molecule has 1 saturated carbocycles. The van der Waals surface area contributed by atoms with Crippen molar-refractivity contribution in [3.63, 3.8) is 0 Å². The van der Waals surface area contributed by atoms with Gasteiger partial charge in [0.2, 0.25) is 0 Å². The Kier molecular flexibility index (Phi) is 6.95. The van der Waals surface area contributed by atoms with Crippen LogP contribution in [0.1, 0.15) is 67.1 Å². The summed E-state index contributed by atoms with van der Waals surface area (Å²) in [5.74, 6) is 0.656. The molecule has 2 aliphatic rings. The minimum atomic E-state index is 0.231. The number of aromatic nitrogens is 3. The number of aryl methyl sites for hydroxylation is 1. The predicted octanol–water partition coefficient (Wildman–Crippen LogP) is 3.23. The van der Waals surface area contributed by atoms with E-state index in [1.165, 1.54) is 43.4 Å². The fourth-order valence-corrected chi connectivity index (χ4v) is 5.06. The Morgan fingerprint density at radius 2 is 2.00 bits per heavy atom. The fraction of sp³-hybridized carbons (Fsp3) is 0.652. The molecule has 29 heavy (non-hydrogen) atoms. The van der Waals surface area contributed by atoms with Gasteiger partial charge in [0, 0.05) is 68.2 Å². The summed E-state index contributed by atoms with van der Waals surface area (Å²) in [4.78, 5) is 9.71. The van der Waals surface area contributed by atoms with E-state index in [9.17, 15) is 5.11 Å². The number of H-pyrrole nitrogens is 1. The van der Waals surface area contributed by atoms with Crippen molar-refractivity contribution in [3.05, 3.63) is 47.0 Å². The van der Waals surface area contributed by atoms with Gasteiger partial charge in [-0.15, -0.1) is 0 Å². The average Bonchev–Trinajstić information content (AvgIpc) is 3.19. The van der Waals surface area contributed by atoms with E-state index in [4.69, 9.17) is 0 Å². The first-order chi connectivity index (χ1) is 14.2. The minimum Gasteiger partial charge on any atom is -0.396 e. The summed E-state index contributed by atoms with van der Waals surface area (Å²) in [5.41, 5.74) is 4.93. The zero-order valence-electron chi connectivity index (χ0n) is 17.7. The molecule has 1 aliphatic carbocycles. The molecule has 2 aromatic rings. The van der Waals surface area contributed by atoms with Gasteiger partial charge in [-0.05, 0) is 38.3 Å². The van der Waals surface area contributed by atoms with Crippen LogP contribution in [0.4, 0.5) is 0 Å². The first kappa shape index (κ1) is 20.5. The van der Waals surface area contributed by atoms with Gasteiger partial charge < -0.3 is 5.11 Å². The molecule has 0 bridgehead atoms. The first-order valence-corrected chi connectivity index (χ1v) is 11.2. The van der Waals surface area contributed by atoms with E-state index in [-0.39, 0.29) is 6.61 Å². The van der Waals surface area contributed by atoms with E-state index in [2.05, 4.69) is 37.1 Å². The summed E-state index contributed by atoms with van der Waals surface area (Å²) >= 11 is 0. The molecule has 1 saturated heterocycles. The predicted molar refractivity (Wildman–Crippen MR) is 115 cm³/mol. The molecular weight excluding hydrogens is 362 g/mol.